The lowest BCUT2D eigenvalue weighted by Crippen LogP contribution is -2.52. The Kier molecular flexibility index (Phi) is 6.36. The summed E-state index contributed by atoms with van der Waals surface area (Å²) >= 11 is 12.1. The highest BCUT2D eigenvalue weighted by atomic mass is 35.5. The lowest BCUT2D eigenvalue weighted by molar-refractivity contribution is -0.135. The van der Waals surface area contributed by atoms with E-state index in [1.807, 2.05) is 14.1 Å². The number of nitrogens with zero attached hydrogens (tertiary/aromatic N) is 1. The summed E-state index contributed by atoms with van der Waals surface area (Å²) in [6.07, 6.45) is 4.46. The molecular weight excluding hydrogens is 323 g/mol. The summed E-state index contributed by atoms with van der Waals surface area (Å²) < 4.78 is 5.53. The molecule has 0 saturated heterocycles. The van der Waals surface area contributed by atoms with Crippen molar-refractivity contribution in [2.24, 2.45) is 0 Å². The molecule has 4 nitrogen and oxygen atoms in total. The minimum Gasteiger partial charge on any atom is -0.481 e. The summed E-state index contributed by atoms with van der Waals surface area (Å²) in [6.45, 7) is -0.0626. The van der Waals surface area contributed by atoms with E-state index in [4.69, 9.17) is 27.9 Å². The van der Waals surface area contributed by atoms with Crippen LogP contribution in [0.15, 0.2) is 18.2 Å². The molecule has 0 heterocycles. The van der Waals surface area contributed by atoms with Gasteiger partial charge in [0.15, 0.2) is 12.4 Å². The Labute approximate surface area is 141 Å². The molecule has 6 heteroatoms. The third-order valence-electron chi connectivity index (χ3n) is 4.25. The summed E-state index contributed by atoms with van der Waals surface area (Å²) in [5.74, 6) is 0.296. The van der Waals surface area contributed by atoms with Crippen molar-refractivity contribution in [2.45, 2.75) is 37.8 Å². The Morgan fingerprint density at radius 3 is 2.59 bits per heavy atom. The Hall–Kier alpha value is -0.970. The second kappa shape index (κ2) is 8.04. The van der Waals surface area contributed by atoms with E-state index < -0.39 is 0 Å². The number of ether oxygens (including phenoxy) is 1. The van der Waals surface area contributed by atoms with Crippen molar-refractivity contribution >= 4 is 29.1 Å². The maximum Gasteiger partial charge on any atom is 0.260 e. The average Bonchev–Trinajstić information content (AvgIpc) is 2.53. The van der Waals surface area contributed by atoms with Crippen LogP contribution < -0.4 is 10.1 Å². The van der Waals surface area contributed by atoms with Gasteiger partial charge in [-0.2, -0.15) is 0 Å². The summed E-state index contributed by atoms with van der Waals surface area (Å²) in [5, 5.41) is 4.13. The Morgan fingerprint density at radius 2 is 1.95 bits per heavy atom. The molecule has 2 rings (SSSR count). The van der Waals surface area contributed by atoms with Crippen LogP contribution in [0.4, 0.5) is 0 Å². The predicted molar refractivity (Wildman–Crippen MR) is 89.8 cm³/mol. The van der Waals surface area contributed by atoms with Crippen molar-refractivity contribution in [3.8, 4) is 5.75 Å². The number of para-hydroxylation sites is 1. The number of amides is 1. The first-order chi connectivity index (χ1) is 10.5. The van der Waals surface area contributed by atoms with Crippen molar-refractivity contribution in [1.29, 1.82) is 0 Å². The molecule has 1 aliphatic rings. The fourth-order valence-electron chi connectivity index (χ4n) is 2.95. The molecule has 122 valence electrons. The average molecular weight is 345 g/mol. The molecule has 0 radical (unpaired) electrons. The van der Waals surface area contributed by atoms with Crippen molar-refractivity contribution < 1.29 is 9.53 Å². The van der Waals surface area contributed by atoms with E-state index in [1.54, 1.807) is 23.1 Å². The highest BCUT2D eigenvalue weighted by Gasteiger charge is 2.29. The number of nitrogens with one attached hydrogen (secondary N) is 1. The zero-order valence-corrected chi connectivity index (χ0v) is 14.5. The minimum atomic E-state index is -0.0665. The zero-order valence-electron chi connectivity index (χ0n) is 12.9. The van der Waals surface area contributed by atoms with Crippen LogP contribution in [0, 0.1) is 0 Å². The largest absolute Gasteiger partial charge is 0.481 e. The molecule has 1 N–H and O–H groups in total. The van der Waals surface area contributed by atoms with Crippen LogP contribution >= 0.6 is 23.2 Å². The molecule has 0 bridgehead atoms. The molecular formula is C16H22Cl2N2O2. The summed E-state index contributed by atoms with van der Waals surface area (Å²) in [5.41, 5.74) is 0. The summed E-state index contributed by atoms with van der Waals surface area (Å²) in [6, 6.07) is 5.66. The van der Waals surface area contributed by atoms with Gasteiger partial charge in [-0.25, -0.2) is 0 Å². The van der Waals surface area contributed by atoms with E-state index in [0.29, 0.717) is 21.8 Å². The lowest BCUT2D eigenvalue weighted by Gasteiger charge is -2.37. The van der Waals surface area contributed by atoms with Crippen LogP contribution in [-0.2, 0) is 4.79 Å². The van der Waals surface area contributed by atoms with Gasteiger partial charge in [0.1, 0.15) is 0 Å². The highest BCUT2D eigenvalue weighted by molar-refractivity contribution is 6.37. The maximum atomic E-state index is 12.4. The molecule has 1 amide bonds. The van der Waals surface area contributed by atoms with Gasteiger partial charge in [0.25, 0.3) is 5.91 Å². The number of hydrogen-bond acceptors (Lipinski definition) is 3. The molecule has 1 aromatic carbocycles. The van der Waals surface area contributed by atoms with Gasteiger partial charge in [-0.3, -0.25) is 4.79 Å². The molecule has 0 aromatic heterocycles. The van der Waals surface area contributed by atoms with E-state index in [0.717, 1.165) is 19.3 Å². The first-order valence-corrected chi connectivity index (χ1v) is 8.30. The number of rotatable bonds is 5. The Bertz CT molecular complexity index is 505. The monoisotopic (exact) mass is 344 g/mol. The zero-order chi connectivity index (χ0) is 16.1. The number of hydrogen-bond donors (Lipinski definition) is 1. The third kappa shape index (κ3) is 4.06. The number of carbonyl (C=O) groups excluding carboxylic acids is 1. The quantitative estimate of drug-likeness (QED) is 0.890. The van der Waals surface area contributed by atoms with E-state index in [-0.39, 0.29) is 18.6 Å². The number of halogens is 2. The predicted octanol–water partition coefficient (Wildman–Crippen LogP) is 3.36. The second-order valence-electron chi connectivity index (χ2n) is 5.59. The topological polar surface area (TPSA) is 41.6 Å². The molecule has 1 saturated carbocycles. The molecule has 1 aromatic rings. The smallest absolute Gasteiger partial charge is 0.260 e. The van der Waals surface area contributed by atoms with E-state index in [9.17, 15) is 4.79 Å². The first kappa shape index (κ1) is 17.4. The van der Waals surface area contributed by atoms with Crippen LogP contribution in [-0.4, -0.2) is 43.6 Å². The van der Waals surface area contributed by atoms with Gasteiger partial charge < -0.3 is 15.0 Å². The van der Waals surface area contributed by atoms with E-state index >= 15 is 0 Å². The fraction of sp³-hybridized carbons (Fsp3) is 0.562. The van der Waals surface area contributed by atoms with Crippen LogP contribution in [0.1, 0.15) is 25.7 Å². The molecule has 2 atom stereocenters. The Balaban J connectivity index is 1.96. The third-order valence-corrected chi connectivity index (χ3v) is 4.85. The summed E-state index contributed by atoms with van der Waals surface area (Å²) in [4.78, 5) is 14.2. The van der Waals surface area contributed by atoms with Crippen molar-refractivity contribution in [3.63, 3.8) is 0 Å². The van der Waals surface area contributed by atoms with Crippen LogP contribution in [0.3, 0.4) is 0 Å². The number of carbonyl (C=O) groups is 1. The van der Waals surface area contributed by atoms with Crippen molar-refractivity contribution in [1.82, 2.24) is 10.2 Å². The molecule has 0 aliphatic heterocycles. The van der Waals surface area contributed by atoms with E-state index in [1.165, 1.54) is 6.42 Å². The highest BCUT2D eigenvalue weighted by Crippen LogP contribution is 2.32. The first-order valence-electron chi connectivity index (χ1n) is 7.54. The van der Waals surface area contributed by atoms with Crippen LogP contribution in [0.25, 0.3) is 0 Å². The van der Waals surface area contributed by atoms with Crippen LogP contribution in [0.5, 0.6) is 5.75 Å². The molecule has 1 aliphatic carbocycles. The van der Waals surface area contributed by atoms with E-state index in [2.05, 4.69) is 5.32 Å². The lowest BCUT2D eigenvalue weighted by atomic mass is 9.89. The number of benzene rings is 1. The normalized spacial score (nSPS) is 21.5. The second-order valence-corrected chi connectivity index (χ2v) is 6.41. The Morgan fingerprint density at radius 1 is 1.32 bits per heavy atom. The SMILES string of the molecule is CNC1CCCCC1N(C)C(=O)COc1c(Cl)cccc1Cl. The maximum absolute atomic E-state index is 12.4. The van der Waals surface area contributed by atoms with Gasteiger partial charge >= 0.3 is 0 Å². The van der Waals surface area contributed by atoms with Gasteiger partial charge in [-0.15, -0.1) is 0 Å². The molecule has 22 heavy (non-hydrogen) atoms. The number of likely N-dealkylation sites (N-methyl/N-ethyl adjacent to an activating group) is 2. The molecule has 0 spiro atoms. The van der Waals surface area contributed by atoms with Crippen molar-refractivity contribution in [2.75, 3.05) is 20.7 Å². The minimum absolute atomic E-state index is 0.0626. The van der Waals surface area contributed by atoms with Crippen molar-refractivity contribution in [3.05, 3.63) is 28.2 Å². The molecule has 1 fully saturated rings. The van der Waals surface area contributed by atoms with Gasteiger partial charge in [0.2, 0.25) is 0 Å². The molecule has 2 unspecified atom stereocenters. The standard InChI is InChI=1S/C16H22Cl2N2O2/c1-19-13-8-3-4-9-14(13)20(2)15(21)10-22-16-11(17)6-5-7-12(16)18/h5-7,13-14,19H,3-4,8-10H2,1-2H3. The van der Waals surface area contributed by atoms with Crippen LogP contribution in [0.2, 0.25) is 10.0 Å². The van der Waals surface area contributed by atoms with Gasteiger partial charge in [0, 0.05) is 19.1 Å². The van der Waals surface area contributed by atoms with Gasteiger partial charge in [-0.1, -0.05) is 42.1 Å². The fourth-order valence-corrected chi connectivity index (χ4v) is 3.46. The van der Waals surface area contributed by atoms with Gasteiger partial charge in [0.05, 0.1) is 10.0 Å². The van der Waals surface area contributed by atoms with Gasteiger partial charge in [-0.05, 0) is 32.0 Å². The summed E-state index contributed by atoms with van der Waals surface area (Å²) in [7, 11) is 3.78.